The van der Waals surface area contributed by atoms with E-state index in [4.69, 9.17) is 21.7 Å². The standard InChI is InChI=1S/C18H21NO5S2/c1-4-9-24-13-6-5-12(10-14(13)22-2)11-15-17(21)19(18(25)26-15)8-7-16(20)23-3/h5-6,10-11H,4,7-9H2,1-3H3/b15-11-. The zero-order chi connectivity index (χ0) is 19.1. The Balaban J connectivity index is 2.15. The van der Waals surface area contributed by atoms with Gasteiger partial charge in [-0.05, 0) is 30.2 Å². The lowest BCUT2D eigenvalue weighted by Gasteiger charge is -2.13. The summed E-state index contributed by atoms with van der Waals surface area (Å²) in [5, 5.41) is 0. The molecule has 1 fully saturated rings. The second-order valence-electron chi connectivity index (χ2n) is 5.42. The van der Waals surface area contributed by atoms with Crippen LogP contribution in [0.1, 0.15) is 25.3 Å². The minimum atomic E-state index is -0.379. The van der Waals surface area contributed by atoms with Gasteiger partial charge in [-0.15, -0.1) is 0 Å². The molecule has 1 aromatic carbocycles. The van der Waals surface area contributed by atoms with Crippen LogP contribution in [0.4, 0.5) is 0 Å². The van der Waals surface area contributed by atoms with Crippen molar-refractivity contribution < 1.29 is 23.8 Å². The lowest BCUT2D eigenvalue weighted by Crippen LogP contribution is -2.30. The molecule has 0 aliphatic carbocycles. The zero-order valence-corrected chi connectivity index (χ0v) is 16.6. The second kappa shape index (κ2) is 9.59. The number of benzene rings is 1. The summed E-state index contributed by atoms with van der Waals surface area (Å²) in [4.78, 5) is 25.7. The first-order valence-corrected chi connectivity index (χ1v) is 9.35. The van der Waals surface area contributed by atoms with Crippen molar-refractivity contribution in [2.75, 3.05) is 27.4 Å². The summed E-state index contributed by atoms with van der Waals surface area (Å²) >= 11 is 6.46. The fourth-order valence-corrected chi connectivity index (χ4v) is 3.56. The molecule has 6 nitrogen and oxygen atoms in total. The largest absolute Gasteiger partial charge is 0.493 e. The average molecular weight is 396 g/mol. The minimum Gasteiger partial charge on any atom is -0.493 e. The van der Waals surface area contributed by atoms with Gasteiger partial charge in [-0.3, -0.25) is 14.5 Å². The van der Waals surface area contributed by atoms with Crippen LogP contribution in [0.2, 0.25) is 0 Å². The van der Waals surface area contributed by atoms with E-state index in [9.17, 15) is 9.59 Å². The van der Waals surface area contributed by atoms with Crippen LogP contribution in [0.15, 0.2) is 23.1 Å². The monoisotopic (exact) mass is 395 g/mol. The third-order valence-electron chi connectivity index (χ3n) is 3.59. The molecule has 2 rings (SSSR count). The van der Waals surface area contributed by atoms with E-state index in [-0.39, 0.29) is 24.8 Å². The van der Waals surface area contributed by atoms with Gasteiger partial charge in [0.15, 0.2) is 11.5 Å². The van der Waals surface area contributed by atoms with E-state index in [1.54, 1.807) is 13.2 Å². The number of thioether (sulfide) groups is 1. The van der Waals surface area contributed by atoms with Gasteiger partial charge in [0.1, 0.15) is 4.32 Å². The fraction of sp³-hybridized carbons (Fsp3) is 0.389. The van der Waals surface area contributed by atoms with Crippen LogP contribution >= 0.6 is 24.0 Å². The molecule has 8 heteroatoms. The molecule has 140 valence electrons. The highest BCUT2D eigenvalue weighted by Gasteiger charge is 2.32. The second-order valence-corrected chi connectivity index (χ2v) is 7.09. The van der Waals surface area contributed by atoms with E-state index in [0.717, 1.165) is 12.0 Å². The fourth-order valence-electron chi connectivity index (χ4n) is 2.25. The van der Waals surface area contributed by atoms with Crippen LogP contribution in [0, 0.1) is 0 Å². The van der Waals surface area contributed by atoms with Crippen molar-refractivity contribution in [1.82, 2.24) is 4.90 Å². The number of esters is 1. The van der Waals surface area contributed by atoms with Gasteiger partial charge in [0.2, 0.25) is 0 Å². The van der Waals surface area contributed by atoms with Gasteiger partial charge in [0.05, 0.1) is 32.2 Å². The van der Waals surface area contributed by atoms with E-state index >= 15 is 0 Å². The van der Waals surface area contributed by atoms with Gasteiger partial charge in [-0.2, -0.15) is 0 Å². The number of methoxy groups -OCH3 is 2. The Bertz CT molecular complexity index is 732. The van der Waals surface area contributed by atoms with E-state index < -0.39 is 0 Å². The van der Waals surface area contributed by atoms with E-state index in [2.05, 4.69) is 4.74 Å². The third-order valence-corrected chi connectivity index (χ3v) is 4.97. The highest BCUT2D eigenvalue weighted by atomic mass is 32.2. The lowest BCUT2D eigenvalue weighted by molar-refractivity contribution is -0.140. The highest BCUT2D eigenvalue weighted by molar-refractivity contribution is 8.26. The Kier molecular flexibility index (Phi) is 7.47. The van der Waals surface area contributed by atoms with Crippen LogP contribution < -0.4 is 9.47 Å². The summed E-state index contributed by atoms with van der Waals surface area (Å²) < 4.78 is 16.0. The number of carbonyl (C=O) groups is 2. The number of thiocarbonyl (C=S) groups is 1. The van der Waals surface area contributed by atoms with Crippen molar-refractivity contribution >= 4 is 46.3 Å². The molecule has 0 saturated carbocycles. The Labute approximate surface area is 162 Å². The molecule has 1 saturated heterocycles. The molecule has 0 N–H and O–H groups in total. The SMILES string of the molecule is CCCOc1ccc(/C=C2\SC(=S)N(CCC(=O)OC)C2=O)cc1OC. The minimum absolute atomic E-state index is 0.105. The first-order valence-electron chi connectivity index (χ1n) is 8.13. The Morgan fingerprint density at radius 1 is 1.31 bits per heavy atom. The normalized spacial score (nSPS) is 15.5. The van der Waals surface area contributed by atoms with Crippen LogP contribution in [0.25, 0.3) is 6.08 Å². The number of carbonyl (C=O) groups excluding carboxylic acids is 2. The third kappa shape index (κ3) is 4.98. The van der Waals surface area contributed by atoms with Crippen molar-refractivity contribution in [2.45, 2.75) is 19.8 Å². The van der Waals surface area contributed by atoms with E-state index in [1.807, 2.05) is 25.1 Å². The van der Waals surface area contributed by atoms with Crippen molar-refractivity contribution in [1.29, 1.82) is 0 Å². The van der Waals surface area contributed by atoms with Crippen molar-refractivity contribution in [3.05, 3.63) is 28.7 Å². The summed E-state index contributed by atoms with van der Waals surface area (Å²) in [6.07, 6.45) is 2.76. The smallest absolute Gasteiger partial charge is 0.307 e. The molecular weight excluding hydrogens is 374 g/mol. The molecule has 0 radical (unpaired) electrons. The van der Waals surface area contributed by atoms with Crippen molar-refractivity contribution in [2.24, 2.45) is 0 Å². The number of ether oxygens (including phenoxy) is 3. The maximum absolute atomic E-state index is 12.5. The maximum Gasteiger partial charge on any atom is 0.307 e. The summed E-state index contributed by atoms with van der Waals surface area (Å²) in [6.45, 7) is 2.85. The summed E-state index contributed by atoms with van der Waals surface area (Å²) in [5.41, 5.74) is 0.805. The summed E-state index contributed by atoms with van der Waals surface area (Å²) in [7, 11) is 2.89. The number of amides is 1. The van der Waals surface area contributed by atoms with Gasteiger partial charge in [0, 0.05) is 6.54 Å². The first kappa shape index (κ1) is 20.3. The predicted molar refractivity (Wildman–Crippen MR) is 105 cm³/mol. The molecular formula is C18H21NO5S2. The first-order chi connectivity index (χ1) is 12.5. The Morgan fingerprint density at radius 2 is 2.08 bits per heavy atom. The van der Waals surface area contributed by atoms with Crippen molar-refractivity contribution in [3.8, 4) is 11.5 Å². The molecule has 1 aromatic rings. The predicted octanol–water partition coefficient (Wildman–Crippen LogP) is 3.25. The van der Waals surface area contributed by atoms with Crippen LogP contribution in [-0.2, 0) is 14.3 Å². The molecule has 0 bridgehead atoms. The van der Waals surface area contributed by atoms with Gasteiger partial charge in [0.25, 0.3) is 5.91 Å². The molecule has 1 heterocycles. The van der Waals surface area contributed by atoms with Crippen molar-refractivity contribution in [3.63, 3.8) is 0 Å². The molecule has 1 amide bonds. The molecule has 1 aliphatic heterocycles. The molecule has 0 unspecified atom stereocenters. The number of hydrogen-bond acceptors (Lipinski definition) is 7. The molecule has 0 atom stereocenters. The lowest BCUT2D eigenvalue weighted by atomic mass is 10.2. The Morgan fingerprint density at radius 3 is 2.73 bits per heavy atom. The molecule has 0 spiro atoms. The topological polar surface area (TPSA) is 65.1 Å². The maximum atomic E-state index is 12.5. The van der Waals surface area contributed by atoms with E-state index in [0.29, 0.717) is 27.3 Å². The number of hydrogen-bond donors (Lipinski definition) is 0. The van der Waals surface area contributed by atoms with Crippen LogP contribution in [0.3, 0.4) is 0 Å². The number of rotatable bonds is 8. The average Bonchev–Trinajstić information content (AvgIpc) is 2.91. The zero-order valence-electron chi connectivity index (χ0n) is 14.9. The summed E-state index contributed by atoms with van der Waals surface area (Å²) in [5.74, 6) is 0.676. The summed E-state index contributed by atoms with van der Waals surface area (Å²) in [6, 6.07) is 5.48. The van der Waals surface area contributed by atoms with Crippen LogP contribution in [-0.4, -0.2) is 48.5 Å². The van der Waals surface area contributed by atoms with Crippen LogP contribution in [0.5, 0.6) is 11.5 Å². The quantitative estimate of drug-likeness (QED) is 0.380. The number of nitrogens with zero attached hydrogens (tertiary/aromatic N) is 1. The molecule has 0 aromatic heterocycles. The highest BCUT2D eigenvalue weighted by Crippen LogP contribution is 2.34. The molecule has 26 heavy (non-hydrogen) atoms. The van der Waals surface area contributed by atoms with Gasteiger partial charge in [-0.25, -0.2) is 0 Å². The van der Waals surface area contributed by atoms with Gasteiger partial charge in [-0.1, -0.05) is 37.0 Å². The Hall–Kier alpha value is -2.06. The molecule has 1 aliphatic rings. The van der Waals surface area contributed by atoms with E-state index in [1.165, 1.54) is 23.8 Å². The van der Waals surface area contributed by atoms with Gasteiger partial charge < -0.3 is 14.2 Å². The van der Waals surface area contributed by atoms with Gasteiger partial charge >= 0.3 is 5.97 Å².